The van der Waals surface area contributed by atoms with E-state index in [0.29, 0.717) is 22.6 Å². The van der Waals surface area contributed by atoms with Crippen LogP contribution >= 0.6 is 11.6 Å². The van der Waals surface area contributed by atoms with E-state index in [0.717, 1.165) is 67.8 Å². The Morgan fingerprint density at radius 2 is 1.91 bits per heavy atom. The molecule has 3 saturated carbocycles. The number of hydrogen-bond acceptors (Lipinski definition) is 4. The largest absolute Gasteiger partial charge is 0.390 e. The molecule has 1 heterocycles. The average molecular weight is 486 g/mol. The van der Waals surface area contributed by atoms with Gasteiger partial charge in [-0.25, -0.2) is 4.68 Å². The lowest BCUT2D eigenvalue weighted by molar-refractivity contribution is -0.130. The second-order valence-corrected chi connectivity index (χ2v) is 12.5. The number of para-hydroxylation sites is 1. The summed E-state index contributed by atoms with van der Waals surface area (Å²) in [4.78, 5) is 13.7. The molecule has 0 aliphatic heterocycles. The van der Waals surface area contributed by atoms with E-state index < -0.39 is 5.60 Å². The Bertz CT molecular complexity index is 1040. The van der Waals surface area contributed by atoms with E-state index in [2.05, 4.69) is 24.2 Å². The lowest BCUT2D eigenvalue weighted by atomic mass is 9.53. The van der Waals surface area contributed by atoms with Gasteiger partial charge in [0.15, 0.2) is 5.78 Å². The predicted octanol–water partition coefficient (Wildman–Crippen LogP) is 6.45. The lowest BCUT2D eigenvalue weighted by Gasteiger charge is -2.52. The topological polar surface area (TPSA) is 68.0 Å². The summed E-state index contributed by atoms with van der Waals surface area (Å²) in [6.07, 6.45) is 11.2. The highest BCUT2D eigenvalue weighted by atomic mass is 35.5. The Kier molecular flexibility index (Phi) is 6.56. The number of ketones is 1. The molecule has 1 aromatic heterocycles. The van der Waals surface area contributed by atoms with E-state index in [9.17, 15) is 9.90 Å². The number of benzene rings is 1. The second kappa shape index (κ2) is 9.20. The molecule has 5 rings (SSSR count). The van der Waals surface area contributed by atoms with Crippen LogP contribution in [0.15, 0.2) is 18.2 Å². The molecule has 5 atom stereocenters. The number of halogens is 1. The molecule has 186 valence electrons. The third-order valence-electron chi connectivity index (χ3n) is 10.0. The van der Waals surface area contributed by atoms with Crippen molar-refractivity contribution in [2.75, 3.05) is 0 Å². The van der Waals surface area contributed by atoms with Crippen molar-refractivity contribution in [2.24, 2.45) is 35.0 Å². The zero-order valence-corrected chi connectivity index (χ0v) is 21.7. The fraction of sp³-hybridized carbons (Fsp3) is 0.750. The number of Topliss-reactive ketones (excluding diaryl/α,β-unsaturated/α-hetero) is 1. The van der Waals surface area contributed by atoms with Gasteiger partial charge in [-0.2, -0.15) is 0 Å². The van der Waals surface area contributed by atoms with E-state index in [1.165, 1.54) is 19.3 Å². The normalized spacial score (nSPS) is 38.2. The Hall–Kier alpha value is -1.46. The first-order valence-electron chi connectivity index (χ1n) is 13.5. The molecule has 6 heteroatoms. The molecule has 5 nitrogen and oxygen atoms in total. The standard InChI is InChI=1S/C28H40ClN3O2/c1-4-6-20-19(18-11-14-27(2,34)15-12-18)13-16-28(3)21(20)9-10-22(28)25(33)17-32-26-23(29)7-5-8-24(26)30-31-32/h5,7-8,18-22,34H,4,6,9-17H2,1-3H3/t18-,19-,20-,21+,22-,27+,28+/m1/s1. The molecular weight excluding hydrogens is 446 g/mol. The van der Waals surface area contributed by atoms with Gasteiger partial charge >= 0.3 is 0 Å². The van der Waals surface area contributed by atoms with Gasteiger partial charge in [0.1, 0.15) is 17.6 Å². The quantitative estimate of drug-likeness (QED) is 0.510. The lowest BCUT2D eigenvalue weighted by Crippen LogP contribution is -2.46. The number of carbonyl (C=O) groups is 1. The minimum atomic E-state index is -0.473. The average Bonchev–Trinajstić information content (AvgIpc) is 3.36. The first-order valence-corrected chi connectivity index (χ1v) is 13.8. The van der Waals surface area contributed by atoms with Crippen LogP contribution in [0.25, 0.3) is 11.0 Å². The van der Waals surface area contributed by atoms with Gasteiger partial charge in [-0.15, -0.1) is 5.10 Å². The summed E-state index contributed by atoms with van der Waals surface area (Å²) >= 11 is 6.42. The van der Waals surface area contributed by atoms with E-state index in [1.54, 1.807) is 4.68 Å². The van der Waals surface area contributed by atoms with Gasteiger partial charge in [-0.3, -0.25) is 4.79 Å². The number of nitrogens with zero attached hydrogens (tertiary/aromatic N) is 3. The number of fused-ring (bicyclic) bond motifs is 2. The zero-order valence-electron chi connectivity index (χ0n) is 21.0. The number of carbonyl (C=O) groups excluding carboxylic acids is 1. The van der Waals surface area contributed by atoms with E-state index in [-0.39, 0.29) is 17.9 Å². The first-order chi connectivity index (χ1) is 16.2. The molecule has 0 bridgehead atoms. The number of hydrogen-bond donors (Lipinski definition) is 1. The molecule has 0 unspecified atom stereocenters. The van der Waals surface area contributed by atoms with Crippen LogP contribution < -0.4 is 0 Å². The summed E-state index contributed by atoms with van der Waals surface area (Å²) in [5, 5.41) is 19.6. The predicted molar refractivity (Wildman–Crippen MR) is 136 cm³/mol. The van der Waals surface area contributed by atoms with Crippen molar-refractivity contribution in [1.29, 1.82) is 0 Å². The van der Waals surface area contributed by atoms with Crippen LogP contribution in [0.2, 0.25) is 5.02 Å². The van der Waals surface area contributed by atoms with Crippen LogP contribution in [0.1, 0.15) is 85.0 Å². The summed E-state index contributed by atoms with van der Waals surface area (Å²) in [7, 11) is 0. The van der Waals surface area contributed by atoms with Crippen molar-refractivity contribution in [3.05, 3.63) is 23.2 Å². The Morgan fingerprint density at radius 3 is 2.65 bits per heavy atom. The smallest absolute Gasteiger partial charge is 0.157 e. The molecule has 3 fully saturated rings. The SMILES string of the molecule is CCC[C@H]1[C@@H]2CC[C@H](C(=O)Cn3nnc4cccc(Cl)c43)[C@@]2(C)CC[C@@H]1[C@H]1CC[C@@](C)(O)CC1. The van der Waals surface area contributed by atoms with Crippen LogP contribution in [0, 0.1) is 35.0 Å². The van der Waals surface area contributed by atoms with Crippen LogP contribution in [-0.2, 0) is 11.3 Å². The molecule has 0 radical (unpaired) electrons. The van der Waals surface area contributed by atoms with Gasteiger partial charge in [-0.1, -0.05) is 49.6 Å². The van der Waals surface area contributed by atoms with Gasteiger partial charge in [0, 0.05) is 5.92 Å². The highest BCUT2D eigenvalue weighted by molar-refractivity contribution is 6.34. The minimum absolute atomic E-state index is 0.0771. The molecule has 1 aromatic carbocycles. The monoisotopic (exact) mass is 485 g/mol. The molecule has 0 amide bonds. The van der Waals surface area contributed by atoms with Crippen molar-refractivity contribution in [2.45, 2.75) is 97.1 Å². The van der Waals surface area contributed by atoms with Gasteiger partial charge in [0.05, 0.1) is 10.6 Å². The summed E-state index contributed by atoms with van der Waals surface area (Å²) < 4.78 is 1.71. The van der Waals surface area contributed by atoms with Crippen molar-refractivity contribution in [3.63, 3.8) is 0 Å². The van der Waals surface area contributed by atoms with E-state index in [1.807, 2.05) is 25.1 Å². The van der Waals surface area contributed by atoms with E-state index >= 15 is 0 Å². The van der Waals surface area contributed by atoms with E-state index in [4.69, 9.17) is 11.6 Å². The summed E-state index contributed by atoms with van der Waals surface area (Å²) in [5.74, 6) is 3.20. The number of aliphatic hydroxyl groups is 1. The molecule has 0 spiro atoms. The molecule has 2 aromatic rings. The van der Waals surface area contributed by atoms with Crippen molar-refractivity contribution < 1.29 is 9.90 Å². The maximum absolute atomic E-state index is 13.7. The highest BCUT2D eigenvalue weighted by Gasteiger charge is 2.56. The Morgan fingerprint density at radius 1 is 1.15 bits per heavy atom. The maximum Gasteiger partial charge on any atom is 0.157 e. The summed E-state index contributed by atoms with van der Waals surface area (Å²) in [5.41, 5.74) is 1.11. The molecule has 0 saturated heterocycles. The number of rotatable bonds is 6. The second-order valence-electron chi connectivity index (χ2n) is 12.1. The third kappa shape index (κ3) is 4.21. The van der Waals surface area contributed by atoms with Crippen molar-refractivity contribution in [3.8, 4) is 0 Å². The van der Waals surface area contributed by atoms with Gasteiger partial charge in [0.2, 0.25) is 0 Å². The van der Waals surface area contributed by atoms with Crippen molar-refractivity contribution in [1.82, 2.24) is 15.0 Å². The molecule has 34 heavy (non-hydrogen) atoms. The minimum Gasteiger partial charge on any atom is -0.390 e. The first kappa shape index (κ1) is 24.2. The molecule has 3 aliphatic carbocycles. The van der Waals surface area contributed by atoms with Crippen LogP contribution in [0.3, 0.4) is 0 Å². The van der Waals surface area contributed by atoms with Crippen LogP contribution in [0.4, 0.5) is 0 Å². The molecule has 1 N–H and O–H groups in total. The van der Waals surface area contributed by atoms with Crippen LogP contribution in [-0.4, -0.2) is 31.5 Å². The maximum atomic E-state index is 13.7. The van der Waals surface area contributed by atoms with Gasteiger partial charge in [0.25, 0.3) is 0 Å². The zero-order chi connectivity index (χ0) is 24.1. The van der Waals surface area contributed by atoms with Crippen molar-refractivity contribution >= 4 is 28.4 Å². The van der Waals surface area contributed by atoms with Gasteiger partial charge < -0.3 is 5.11 Å². The fourth-order valence-electron chi connectivity index (χ4n) is 8.23. The Labute approximate surface area is 208 Å². The van der Waals surface area contributed by atoms with Gasteiger partial charge in [-0.05, 0) is 99.5 Å². The summed E-state index contributed by atoms with van der Waals surface area (Å²) in [6.45, 7) is 6.98. The molecule has 3 aliphatic rings. The fourth-order valence-corrected chi connectivity index (χ4v) is 8.49. The third-order valence-corrected chi connectivity index (χ3v) is 10.3. The Balaban J connectivity index is 1.34. The van der Waals surface area contributed by atoms with Crippen LogP contribution in [0.5, 0.6) is 0 Å². The highest BCUT2D eigenvalue weighted by Crippen LogP contribution is 2.62. The summed E-state index contributed by atoms with van der Waals surface area (Å²) in [6, 6.07) is 5.60. The number of aromatic nitrogens is 3. The molecular formula is C28H40ClN3O2.